The van der Waals surface area contributed by atoms with Crippen molar-refractivity contribution >= 4 is 11.3 Å². The highest BCUT2D eigenvalue weighted by Gasteiger charge is 1.82. The highest BCUT2D eigenvalue weighted by Crippen LogP contribution is 1.97. The van der Waals surface area contributed by atoms with Gasteiger partial charge in [0.05, 0.1) is 5.51 Å². The normalized spacial score (nSPS) is 7.00. The molecular formula is C6H2N2S. The molecular weight excluding hydrogens is 132 g/mol. The molecule has 0 fully saturated rings. The van der Waals surface area contributed by atoms with Gasteiger partial charge in [-0.05, 0) is 5.92 Å². The molecule has 2 nitrogen and oxygen atoms in total. The number of hydrogen-bond donors (Lipinski definition) is 0. The lowest BCUT2D eigenvalue weighted by Gasteiger charge is -1.67. The number of nitriles is 1. The van der Waals surface area contributed by atoms with Gasteiger partial charge in [-0.3, -0.25) is 0 Å². The van der Waals surface area contributed by atoms with E-state index in [4.69, 9.17) is 5.26 Å². The van der Waals surface area contributed by atoms with E-state index in [1.807, 2.05) is 0 Å². The van der Waals surface area contributed by atoms with Crippen LogP contribution in [0.25, 0.3) is 0 Å². The lowest BCUT2D eigenvalue weighted by molar-refractivity contribution is 1.37. The topological polar surface area (TPSA) is 36.7 Å². The summed E-state index contributed by atoms with van der Waals surface area (Å²) in [7, 11) is 0. The Morgan fingerprint density at radius 2 is 2.56 bits per heavy atom. The SMILES string of the molecule is N#CC#Cc1cscn1. The molecule has 9 heavy (non-hydrogen) atoms. The molecule has 0 aliphatic carbocycles. The summed E-state index contributed by atoms with van der Waals surface area (Å²) in [5.41, 5.74) is 2.35. The first-order valence-corrected chi connectivity index (χ1v) is 3.16. The van der Waals surface area contributed by atoms with E-state index in [-0.39, 0.29) is 0 Å². The molecule has 0 saturated heterocycles. The molecule has 1 aromatic rings. The largest absolute Gasteiger partial charge is 0.236 e. The molecule has 0 aliphatic heterocycles. The minimum atomic E-state index is 0.668. The molecule has 0 atom stereocenters. The van der Waals surface area contributed by atoms with E-state index in [1.54, 1.807) is 17.0 Å². The maximum atomic E-state index is 8.02. The van der Waals surface area contributed by atoms with Crippen LogP contribution >= 0.6 is 11.3 Å². The summed E-state index contributed by atoms with van der Waals surface area (Å²) in [6, 6.07) is 1.71. The molecule has 0 saturated carbocycles. The van der Waals surface area contributed by atoms with Gasteiger partial charge in [0.25, 0.3) is 0 Å². The van der Waals surface area contributed by atoms with E-state index in [0.29, 0.717) is 5.69 Å². The van der Waals surface area contributed by atoms with Crippen LogP contribution < -0.4 is 0 Å². The van der Waals surface area contributed by atoms with Crippen molar-refractivity contribution < 1.29 is 0 Å². The summed E-state index contributed by atoms with van der Waals surface area (Å²) >= 11 is 1.47. The van der Waals surface area contributed by atoms with Gasteiger partial charge in [-0.1, -0.05) is 0 Å². The van der Waals surface area contributed by atoms with Crippen molar-refractivity contribution in [1.29, 1.82) is 5.26 Å². The Bertz CT molecular complexity index is 270. The van der Waals surface area contributed by atoms with E-state index < -0.39 is 0 Å². The second-order valence-corrected chi connectivity index (χ2v) is 1.95. The molecule has 1 heterocycles. The van der Waals surface area contributed by atoms with Gasteiger partial charge in [-0.2, -0.15) is 5.26 Å². The van der Waals surface area contributed by atoms with E-state index >= 15 is 0 Å². The number of hydrogen-bond acceptors (Lipinski definition) is 3. The van der Waals surface area contributed by atoms with Gasteiger partial charge in [0.2, 0.25) is 0 Å². The van der Waals surface area contributed by atoms with Gasteiger partial charge in [-0.15, -0.1) is 11.3 Å². The van der Waals surface area contributed by atoms with Crippen LogP contribution in [0, 0.1) is 23.2 Å². The Balaban J connectivity index is 2.82. The van der Waals surface area contributed by atoms with Gasteiger partial charge in [0.15, 0.2) is 6.07 Å². The van der Waals surface area contributed by atoms with Crippen molar-refractivity contribution in [3.63, 3.8) is 0 Å². The van der Waals surface area contributed by atoms with Crippen LogP contribution in [0.1, 0.15) is 5.69 Å². The lowest BCUT2D eigenvalue weighted by atomic mass is 10.5. The van der Waals surface area contributed by atoms with Gasteiger partial charge < -0.3 is 0 Å². The summed E-state index contributed by atoms with van der Waals surface area (Å²) < 4.78 is 0. The Kier molecular flexibility index (Phi) is 1.85. The van der Waals surface area contributed by atoms with Gasteiger partial charge in [0, 0.05) is 11.3 Å². The fourth-order valence-corrected chi connectivity index (χ4v) is 0.850. The first kappa shape index (κ1) is 5.81. The molecule has 42 valence electrons. The zero-order chi connectivity index (χ0) is 6.53. The number of thiazole rings is 1. The maximum Gasteiger partial charge on any atom is 0.152 e. The number of nitrogens with zero attached hydrogens (tertiary/aromatic N) is 2. The third kappa shape index (κ3) is 1.56. The first-order chi connectivity index (χ1) is 4.43. The fourth-order valence-electron chi connectivity index (χ4n) is 0.366. The molecule has 0 radical (unpaired) electrons. The van der Waals surface area contributed by atoms with Crippen LogP contribution in [0.2, 0.25) is 0 Å². The molecule has 0 spiro atoms. The van der Waals surface area contributed by atoms with Crippen LogP contribution in [0.5, 0.6) is 0 Å². The fraction of sp³-hybridized carbons (Fsp3) is 0. The smallest absolute Gasteiger partial charge is 0.152 e. The van der Waals surface area contributed by atoms with Gasteiger partial charge in [0.1, 0.15) is 5.69 Å². The van der Waals surface area contributed by atoms with E-state index in [2.05, 4.69) is 16.8 Å². The van der Waals surface area contributed by atoms with E-state index in [1.165, 1.54) is 11.3 Å². The van der Waals surface area contributed by atoms with E-state index in [0.717, 1.165) is 0 Å². The zero-order valence-electron chi connectivity index (χ0n) is 4.46. The average Bonchev–Trinajstić information content (AvgIpc) is 2.34. The molecule has 0 aromatic carbocycles. The molecule has 1 rings (SSSR count). The minimum Gasteiger partial charge on any atom is -0.236 e. The predicted octanol–water partition coefficient (Wildman–Crippen LogP) is 1.02. The summed E-state index contributed by atoms with van der Waals surface area (Å²) in [6.45, 7) is 0. The van der Waals surface area contributed by atoms with Crippen molar-refractivity contribution in [2.24, 2.45) is 0 Å². The number of rotatable bonds is 0. The van der Waals surface area contributed by atoms with Crippen LogP contribution in [0.4, 0.5) is 0 Å². The second-order valence-electron chi connectivity index (χ2n) is 1.24. The standard InChI is InChI=1S/C6H2N2S/c7-3-1-2-6-4-9-5-8-6/h4-5H. The van der Waals surface area contributed by atoms with Crippen molar-refractivity contribution in [3.05, 3.63) is 16.6 Å². The van der Waals surface area contributed by atoms with Crippen LogP contribution in [0.15, 0.2) is 10.9 Å². The Morgan fingerprint density at radius 1 is 1.67 bits per heavy atom. The van der Waals surface area contributed by atoms with Gasteiger partial charge in [-0.25, -0.2) is 4.98 Å². The molecule has 0 aliphatic rings. The van der Waals surface area contributed by atoms with Crippen molar-refractivity contribution in [2.75, 3.05) is 0 Å². The quantitative estimate of drug-likeness (QED) is 0.497. The maximum absolute atomic E-state index is 8.02. The predicted molar refractivity (Wildman–Crippen MR) is 34.6 cm³/mol. The highest BCUT2D eigenvalue weighted by molar-refractivity contribution is 7.07. The Hall–Kier alpha value is -1.32. The molecule has 1 aromatic heterocycles. The van der Waals surface area contributed by atoms with Crippen molar-refractivity contribution in [2.45, 2.75) is 0 Å². The van der Waals surface area contributed by atoms with Crippen LogP contribution in [-0.4, -0.2) is 4.98 Å². The third-order valence-corrected chi connectivity index (χ3v) is 1.27. The summed E-state index contributed by atoms with van der Waals surface area (Å²) in [5, 5.41) is 9.81. The molecule has 0 unspecified atom stereocenters. The van der Waals surface area contributed by atoms with E-state index in [9.17, 15) is 0 Å². The monoisotopic (exact) mass is 134 g/mol. The molecule has 0 N–H and O–H groups in total. The summed E-state index contributed by atoms with van der Waals surface area (Å²) in [5.74, 6) is 4.81. The molecule has 3 heteroatoms. The first-order valence-electron chi connectivity index (χ1n) is 2.22. The molecule has 0 bridgehead atoms. The Morgan fingerprint density at radius 3 is 3.11 bits per heavy atom. The minimum absolute atomic E-state index is 0.668. The van der Waals surface area contributed by atoms with Crippen molar-refractivity contribution in [1.82, 2.24) is 4.98 Å². The second kappa shape index (κ2) is 2.86. The lowest BCUT2D eigenvalue weighted by Crippen LogP contribution is -1.67. The van der Waals surface area contributed by atoms with Crippen molar-refractivity contribution in [3.8, 4) is 17.9 Å². The summed E-state index contributed by atoms with van der Waals surface area (Å²) in [4.78, 5) is 3.85. The van der Waals surface area contributed by atoms with Crippen LogP contribution in [0.3, 0.4) is 0 Å². The zero-order valence-corrected chi connectivity index (χ0v) is 5.27. The Labute approximate surface area is 56.8 Å². The van der Waals surface area contributed by atoms with Crippen LogP contribution in [-0.2, 0) is 0 Å². The third-order valence-electron chi connectivity index (χ3n) is 0.679. The average molecular weight is 134 g/mol. The van der Waals surface area contributed by atoms with Gasteiger partial charge >= 0.3 is 0 Å². The summed E-state index contributed by atoms with van der Waals surface area (Å²) in [6.07, 6.45) is 0. The highest BCUT2D eigenvalue weighted by atomic mass is 32.1. The number of aromatic nitrogens is 1. The molecule has 0 amide bonds.